The molecule has 0 saturated carbocycles. The molecule has 5 nitrogen and oxygen atoms in total. The van der Waals surface area contributed by atoms with E-state index in [2.05, 4.69) is 5.32 Å². The number of hydrogen-bond donors (Lipinski definition) is 1. The lowest BCUT2D eigenvalue weighted by atomic mass is 10.2. The van der Waals surface area contributed by atoms with E-state index in [4.69, 9.17) is 4.74 Å². The van der Waals surface area contributed by atoms with Gasteiger partial charge in [-0.05, 0) is 38.3 Å². The van der Waals surface area contributed by atoms with Crippen LogP contribution in [0.3, 0.4) is 0 Å². The van der Waals surface area contributed by atoms with E-state index in [0.29, 0.717) is 24.6 Å². The second kappa shape index (κ2) is 6.75. The second-order valence-corrected chi connectivity index (χ2v) is 8.27. The lowest BCUT2D eigenvalue weighted by Gasteiger charge is -2.37. The van der Waals surface area contributed by atoms with Gasteiger partial charge in [-0.2, -0.15) is 4.31 Å². The number of nitrogens with zero attached hydrogens (tertiary/aromatic N) is 1. The molecule has 0 aliphatic carbocycles. The summed E-state index contributed by atoms with van der Waals surface area (Å²) in [5, 5.41) is 4.97. The van der Waals surface area contributed by atoms with E-state index in [-0.39, 0.29) is 12.1 Å². The molecule has 120 valence electrons. The molecule has 1 aliphatic heterocycles. The zero-order valence-electron chi connectivity index (χ0n) is 13.0. The summed E-state index contributed by atoms with van der Waals surface area (Å²) >= 11 is 1.50. The monoisotopic (exact) mass is 332 g/mol. The van der Waals surface area contributed by atoms with Crippen LogP contribution >= 0.6 is 11.3 Å². The third kappa shape index (κ3) is 3.32. The van der Waals surface area contributed by atoms with Gasteiger partial charge in [0.05, 0.1) is 12.7 Å². The third-order valence-electron chi connectivity index (χ3n) is 3.78. The van der Waals surface area contributed by atoms with Gasteiger partial charge in [-0.3, -0.25) is 0 Å². The van der Waals surface area contributed by atoms with Crippen molar-refractivity contribution in [2.45, 2.75) is 50.8 Å². The van der Waals surface area contributed by atoms with Gasteiger partial charge in [0.15, 0.2) is 0 Å². The first kappa shape index (κ1) is 16.9. The van der Waals surface area contributed by atoms with Gasteiger partial charge in [-0.25, -0.2) is 8.42 Å². The Morgan fingerprint density at radius 1 is 1.52 bits per heavy atom. The first-order valence-electron chi connectivity index (χ1n) is 7.26. The predicted octanol–water partition coefficient (Wildman–Crippen LogP) is 1.96. The van der Waals surface area contributed by atoms with Crippen LogP contribution in [0.5, 0.6) is 0 Å². The lowest BCUT2D eigenvalue weighted by molar-refractivity contribution is -0.0230. The standard InChI is InChI=1S/C14H24N2O3S2/c1-5-12-8-19-11(3)7-16(12)21(17,18)14-10(2)9-20-13(14)6-15-4/h9,11-12,15H,5-8H2,1-4H3. The van der Waals surface area contributed by atoms with Crippen LogP contribution in [0.15, 0.2) is 10.3 Å². The molecule has 7 heteroatoms. The maximum atomic E-state index is 13.1. The van der Waals surface area contributed by atoms with Crippen molar-refractivity contribution in [3.63, 3.8) is 0 Å². The summed E-state index contributed by atoms with van der Waals surface area (Å²) in [6, 6.07) is -0.0760. The number of aryl methyl sites for hydroxylation is 1. The van der Waals surface area contributed by atoms with Crippen molar-refractivity contribution in [1.82, 2.24) is 9.62 Å². The highest BCUT2D eigenvalue weighted by Crippen LogP contribution is 2.32. The fourth-order valence-electron chi connectivity index (χ4n) is 2.66. The van der Waals surface area contributed by atoms with Gasteiger partial charge in [0.1, 0.15) is 4.90 Å². The summed E-state index contributed by atoms with van der Waals surface area (Å²) in [7, 11) is -1.64. The average molecular weight is 332 g/mol. The van der Waals surface area contributed by atoms with Crippen molar-refractivity contribution in [2.75, 3.05) is 20.2 Å². The SMILES string of the molecule is CCC1COC(C)CN1S(=O)(=O)c1c(C)csc1CNC. The van der Waals surface area contributed by atoms with E-state index < -0.39 is 10.0 Å². The Morgan fingerprint density at radius 3 is 2.86 bits per heavy atom. The number of morpholine rings is 1. The van der Waals surface area contributed by atoms with Crippen LogP contribution in [0, 0.1) is 6.92 Å². The Bertz CT molecular complexity index is 583. The van der Waals surface area contributed by atoms with Crippen LogP contribution in [0.2, 0.25) is 0 Å². The number of rotatable bonds is 5. The molecular weight excluding hydrogens is 308 g/mol. The van der Waals surface area contributed by atoms with Crippen molar-refractivity contribution in [3.05, 3.63) is 15.8 Å². The zero-order valence-corrected chi connectivity index (χ0v) is 14.7. The van der Waals surface area contributed by atoms with Crippen LogP contribution < -0.4 is 5.32 Å². The topological polar surface area (TPSA) is 58.6 Å². The molecule has 1 fully saturated rings. The van der Waals surface area contributed by atoms with Crippen molar-refractivity contribution < 1.29 is 13.2 Å². The smallest absolute Gasteiger partial charge is 0.244 e. The molecule has 2 atom stereocenters. The van der Waals surface area contributed by atoms with Gasteiger partial charge < -0.3 is 10.1 Å². The molecule has 2 rings (SSSR count). The highest BCUT2D eigenvalue weighted by atomic mass is 32.2. The van der Waals surface area contributed by atoms with Gasteiger partial charge in [-0.15, -0.1) is 11.3 Å². The summed E-state index contributed by atoms with van der Waals surface area (Å²) in [5.41, 5.74) is 0.833. The molecule has 0 spiro atoms. The molecule has 1 aromatic rings. The normalized spacial score (nSPS) is 24.4. The summed E-state index contributed by atoms with van der Waals surface area (Å²) in [4.78, 5) is 1.36. The van der Waals surface area contributed by atoms with E-state index in [0.717, 1.165) is 16.9 Å². The number of hydrogen-bond acceptors (Lipinski definition) is 5. The van der Waals surface area contributed by atoms with E-state index >= 15 is 0 Å². The fourth-order valence-corrected chi connectivity index (χ4v) is 6.20. The molecule has 2 heterocycles. The third-order valence-corrected chi connectivity index (χ3v) is 7.16. The summed E-state index contributed by atoms with van der Waals surface area (Å²) in [6.45, 7) is 7.26. The quantitative estimate of drug-likeness (QED) is 0.895. The Kier molecular flexibility index (Phi) is 5.43. The number of thiophene rings is 1. The molecule has 1 aromatic heterocycles. The molecule has 2 unspecified atom stereocenters. The number of sulfonamides is 1. The number of ether oxygens (including phenoxy) is 1. The molecule has 0 bridgehead atoms. The molecular formula is C14H24N2O3S2. The molecule has 1 saturated heterocycles. The Morgan fingerprint density at radius 2 is 2.24 bits per heavy atom. The van der Waals surface area contributed by atoms with Gasteiger partial charge in [0, 0.05) is 24.0 Å². The van der Waals surface area contributed by atoms with Crippen molar-refractivity contribution >= 4 is 21.4 Å². The maximum absolute atomic E-state index is 13.1. The van der Waals surface area contributed by atoms with Crippen molar-refractivity contribution in [2.24, 2.45) is 0 Å². The molecule has 1 N–H and O–H groups in total. The fraction of sp³-hybridized carbons (Fsp3) is 0.714. The second-order valence-electron chi connectivity index (χ2n) is 5.48. The maximum Gasteiger partial charge on any atom is 0.244 e. The van der Waals surface area contributed by atoms with Gasteiger partial charge in [0.2, 0.25) is 10.0 Å². The minimum absolute atomic E-state index is 0.0609. The zero-order chi connectivity index (χ0) is 15.6. The first-order chi connectivity index (χ1) is 9.91. The van der Waals surface area contributed by atoms with Crippen LogP contribution in [0.1, 0.15) is 30.7 Å². The Balaban J connectivity index is 2.42. The van der Waals surface area contributed by atoms with E-state index in [1.165, 1.54) is 11.3 Å². The van der Waals surface area contributed by atoms with Gasteiger partial charge in [0.25, 0.3) is 0 Å². The predicted molar refractivity (Wildman–Crippen MR) is 85.2 cm³/mol. The minimum Gasteiger partial charge on any atom is -0.375 e. The first-order valence-corrected chi connectivity index (χ1v) is 9.58. The van der Waals surface area contributed by atoms with Gasteiger partial charge >= 0.3 is 0 Å². The van der Waals surface area contributed by atoms with E-state index in [9.17, 15) is 8.42 Å². The minimum atomic E-state index is -3.47. The molecule has 1 aliphatic rings. The highest BCUT2D eigenvalue weighted by molar-refractivity contribution is 7.89. The van der Waals surface area contributed by atoms with Crippen LogP contribution in [-0.2, 0) is 21.3 Å². The molecule has 0 amide bonds. The molecule has 0 aromatic carbocycles. The number of nitrogens with one attached hydrogen (secondary N) is 1. The lowest BCUT2D eigenvalue weighted by Crippen LogP contribution is -2.51. The Hall–Kier alpha value is -0.470. The van der Waals surface area contributed by atoms with Crippen LogP contribution in [0.4, 0.5) is 0 Å². The Labute approximate surface area is 131 Å². The van der Waals surface area contributed by atoms with Crippen molar-refractivity contribution in [3.8, 4) is 0 Å². The summed E-state index contributed by atoms with van der Waals surface area (Å²) in [5.74, 6) is 0. The largest absolute Gasteiger partial charge is 0.375 e. The van der Waals surface area contributed by atoms with Crippen molar-refractivity contribution in [1.29, 1.82) is 0 Å². The highest BCUT2D eigenvalue weighted by Gasteiger charge is 2.37. The molecule has 21 heavy (non-hydrogen) atoms. The van der Waals surface area contributed by atoms with Crippen LogP contribution in [0.25, 0.3) is 0 Å². The summed E-state index contributed by atoms with van der Waals surface area (Å²) < 4.78 is 33.5. The summed E-state index contributed by atoms with van der Waals surface area (Å²) in [6.07, 6.45) is 0.700. The average Bonchev–Trinajstić information content (AvgIpc) is 2.81. The van der Waals surface area contributed by atoms with E-state index in [1.807, 2.05) is 33.2 Å². The van der Waals surface area contributed by atoms with Crippen LogP contribution in [-0.4, -0.2) is 45.1 Å². The molecule has 0 radical (unpaired) electrons. The van der Waals surface area contributed by atoms with E-state index in [1.54, 1.807) is 4.31 Å². The van der Waals surface area contributed by atoms with Gasteiger partial charge in [-0.1, -0.05) is 6.92 Å².